The van der Waals surface area contributed by atoms with Gasteiger partial charge in [-0.15, -0.1) is 0 Å². The van der Waals surface area contributed by atoms with Gasteiger partial charge in [-0.2, -0.15) is 0 Å². The summed E-state index contributed by atoms with van der Waals surface area (Å²) in [6.45, 7) is 0. The van der Waals surface area contributed by atoms with Crippen molar-refractivity contribution in [2.45, 2.75) is 0 Å². The molecule has 5 heteroatoms. The highest BCUT2D eigenvalue weighted by Crippen LogP contribution is 2.41. The lowest BCUT2D eigenvalue weighted by molar-refractivity contribution is 0.668. The van der Waals surface area contributed by atoms with Crippen LogP contribution in [0, 0.1) is 0 Å². The minimum Gasteiger partial charge on any atom is -0.456 e. The molecule has 56 heavy (non-hydrogen) atoms. The quantitative estimate of drug-likeness (QED) is 0.172. The predicted octanol–water partition coefficient (Wildman–Crippen LogP) is 13.2. The van der Waals surface area contributed by atoms with Gasteiger partial charge in [0, 0.05) is 50.0 Å². The van der Waals surface area contributed by atoms with Crippen LogP contribution in [0.4, 0.5) is 0 Å². The average Bonchev–Trinajstić information content (AvgIpc) is 3.83. The van der Waals surface area contributed by atoms with Gasteiger partial charge in [0.15, 0.2) is 17.5 Å². The van der Waals surface area contributed by atoms with Crippen LogP contribution >= 0.6 is 0 Å². The maximum atomic E-state index is 6.68. The van der Waals surface area contributed by atoms with Crippen LogP contribution in [-0.4, -0.2) is 19.5 Å². The third kappa shape index (κ3) is 5.29. The van der Waals surface area contributed by atoms with Gasteiger partial charge in [0.25, 0.3) is 0 Å². The van der Waals surface area contributed by atoms with E-state index in [1.807, 2.05) is 48.5 Å². The van der Waals surface area contributed by atoms with Crippen LogP contribution < -0.4 is 0 Å². The van der Waals surface area contributed by atoms with E-state index in [-0.39, 0.29) is 0 Å². The number of furan rings is 1. The molecule has 0 saturated heterocycles. The van der Waals surface area contributed by atoms with E-state index in [1.165, 1.54) is 21.9 Å². The molecule has 0 N–H and O–H groups in total. The summed E-state index contributed by atoms with van der Waals surface area (Å²) in [5, 5.41) is 4.41. The van der Waals surface area contributed by atoms with Crippen molar-refractivity contribution in [1.29, 1.82) is 0 Å². The van der Waals surface area contributed by atoms with Gasteiger partial charge in [0.1, 0.15) is 11.2 Å². The first-order valence-corrected chi connectivity index (χ1v) is 18.8. The van der Waals surface area contributed by atoms with Crippen molar-refractivity contribution in [3.63, 3.8) is 0 Å². The van der Waals surface area contributed by atoms with Crippen LogP contribution in [0.25, 0.3) is 106 Å². The number of fused-ring (bicyclic) bond motifs is 6. The number of rotatable bonds is 6. The van der Waals surface area contributed by atoms with Crippen molar-refractivity contribution >= 4 is 43.7 Å². The van der Waals surface area contributed by atoms with Crippen LogP contribution in [0.15, 0.2) is 199 Å². The smallest absolute Gasteiger partial charge is 0.164 e. The van der Waals surface area contributed by atoms with E-state index < -0.39 is 0 Å². The highest BCUT2D eigenvalue weighted by molar-refractivity contribution is 6.16. The Labute approximate surface area is 322 Å². The zero-order valence-corrected chi connectivity index (χ0v) is 30.2. The summed E-state index contributed by atoms with van der Waals surface area (Å²) in [5.41, 5.74) is 12.3. The first-order chi connectivity index (χ1) is 27.8. The Balaban J connectivity index is 1.09. The van der Waals surface area contributed by atoms with Crippen molar-refractivity contribution in [1.82, 2.24) is 19.5 Å². The highest BCUT2D eigenvalue weighted by atomic mass is 16.3. The van der Waals surface area contributed by atoms with E-state index >= 15 is 0 Å². The fourth-order valence-corrected chi connectivity index (χ4v) is 8.11. The molecule has 0 aliphatic carbocycles. The van der Waals surface area contributed by atoms with E-state index in [0.29, 0.717) is 17.5 Å². The lowest BCUT2D eigenvalue weighted by Crippen LogP contribution is -2.00. The molecule has 5 nitrogen and oxygen atoms in total. The first kappa shape index (κ1) is 31.9. The molecule has 11 rings (SSSR count). The highest BCUT2D eigenvalue weighted by Gasteiger charge is 2.20. The van der Waals surface area contributed by atoms with Gasteiger partial charge in [-0.1, -0.05) is 152 Å². The molecule has 8 aromatic carbocycles. The zero-order chi connectivity index (χ0) is 37.0. The molecule has 0 aliphatic rings. The number of benzene rings is 8. The van der Waals surface area contributed by atoms with Gasteiger partial charge in [-0.05, 0) is 58.7 Å². The van der Waals surface area contributed by atoms with Gasteiger partial charge in [0.05, 0.1) is 11.0 Å². The molecule has 262 valence electrons. The van der Waals surface area contributed by atoms with Gasteiger partial charge in [-0.25, -0.2) is 15.0 Å². The second-order valence-electron chi connectivity index (χ2n) is 14.0. The maximum Gasteiger partial charge on any atom is 0.164 e. The van der Waals surface area contributed by atoms with Gasteiger partial charge in [0.2, 0.25) is 0 Å². The fraction of sp³-hybridized carbons (Fsp3) is 0. The predicted molar refractivity (Wildman–Crippen MR) is 229 cm³/mol. The van der Waals surface area contributed by atoms with Crippen LogP contribution in [0.5, 0.6) is 0 Å². The van der Waals surface area contributed by atoms with Crippen LogP contribution in [0.1, 0.15) is 0 Å². The largest absolute Gasteiger partial charge is 0.456 e. The topological polar surface area (TPSA) is 56.7 Å². The number of para-hydroxylation sites is 1. The number of hydrogen-bond acceptors (Lipinski definition) is 4. The molecule has 0 saturated carbocycles. The monoisotopic (exact) mass is 716 g/mol. The number of aromatic nitrogens is 4. The molecule has 3 heterocycles. The first-order valence-electron chi connectivity index (χ1n) is 18.8. The van der Waals surface area contributed by atoms with Crippen molar-refractivity contribution in [3.05, 3.63) is 194 Å². The maximum absolute atomic E-state index is 6.68. The molecule has 0 atom stereocenters. The Morgan fingerprint density at radius 2 is 0.929 bits per heavy atom. The summed E-state index contributed by atoms with van der Waals surface area (Å²) in [7, 11) is 0. The van der Waals surface area contributed by atoms with E-state index in [1.54, 1.807) is 0 Å². The molecule has 0 spiro atoms. The van der Waals surface area contributed by atoms with E-state index in [9.17, 15) is 0 Å². The van der Waals surface area contributed by atoms with Gasteiger partial charge >= 0.3 is 0 Å². The minimum atomic E-state index is 0.590. The third-order valence-corrected chi connectivity index (χ3v) is 10.7. The normalized spacial score (nSPS) is 11.6. The molecule has 0 bridgehead atoms. The lowest BCUT2D eigenvalue weighted by atomic mass is 9.99. The summed E-state index contributed by atoms with van der Waals surface area (Å²) < 4.78 is 9.03. The third-order valence-electron chi connectivity index (χ3n) is 10.7. The molecule has 0 amide bonds. The Hall–Kier alpha value is -7.63. The van der Waals surface area contributed by atoms with Gasteiger partial charge < -0.3 is 8.98 Å². The summed E-state index contributed by atoms with van der Waals surface area (Å²) in [6.07, 6.45) is 0. The van der Waals surface area contributed by atoms with E-state index in [0.717, 1.165) is 66.5 Å². The van der Waals surface area contributed by atoms with Crippen molar-refractivity contribution in [2.24, 2.45) is 0 Å². The Bertz CT molecular complexity index is 3240. The molecule has 11 aromatic rings. The lowest BCUT2D eigenvalue weighted by Gasteiger charge is -2.10. The number of hydrogen-bond donors (Lipinski definition) is 0. The molecule has 0 fully saturated rings. The summed E-state index contributed by atoms with van der Waals surface area (Å²) in [5.74, 6) is 1.82. The SMILES string of the molecule is c1ccc(-c2cccc(-c3nc(-c4ccccc4)nc(-c4cccc5oc6cc(-n7c8ccccc8c8c(-c9ccccc9)cccc87)ccc6c45)n3)c2)cc1. The van der Waals surface area contributed by atoms with Crippen LogP contribution in [-0.2, 0) is 0 Å². The Kier molecular flexibility index (Phi) is 7.42. The molecular weight excluding hydrogens is 685 g/mol. The molecular formula is C51H32N4O. The standard InChI is InChI=1S/C51H32N4O/c1-4-15-33(16-5-1)36-21-12-22-37(31-36)50-52-49(35-19-8-3-9-20-35)53-51(54-50)42-25-14-28-45-48(42)41-30-29-38(32-46(41)56-45)55-43-26-11-10-23-40(43)47-39(24-13-27-44(47)55)34-17-6-2-7-18-34/h1-32H. The Morgan fingerprint density at radius 3 is 1.73 bits per heavy atom. The fourth-order valence-electron chi connectivity index (χ4n) is 8.11. The van der Waals surface area contributed by atoms with Crippen molar-refractivity contribution < 1.29 is 4.42 Å². The Morgan fingerprint density at radius 1 is 0.339 bits per heavy atom. The molecule has 0 radical (unpaired) electrons. The van der Waals surface area contributed by atoms with Crippen LogP contribution in [0.2, 0.25) is 0 Å². The molecule has 0 unspecified atom stereocenters. The van der Waals surface area contributed by atoms with Crippen molar-refractivity contribution in [2.75, 3.05) is 0 Å². The number of nitrogens with zero attached hydrogens (tertiary/aromatic N) is 4. The second kappa shape index (κ2) is 13.0. The average molecular weight is 717 g/mol. The molecule has 3 aromatic heterocycles. The van der Waals surface area contributed by atoms with Gasteiger partial charge in [-0.3, -0.25) is 0 Å². The van der Waals surface area contributed by atoms with E-state index in [2.05, 4.69) is 150 Å². The van der Waals surface area contributed by atoms with Crippen molar-refractivity contribution in [3.8, 4) is 62.1 Å². The molecule has 0 aliphatic heterocycles. The van der Waals surface area contributed by atoms with E-state index in [4.69, 9.17) is 19.4 Å². The second-order valence-corrected chi connectivity index (χ2v) is 14.0. The van der Waals surface area contributed by atoms with Crippen LogP contribution in [0.3, 0.4) is 0 Å². The summed E-state index contributed by atoms with van der Waals surface area (Å²) in [6, 6.07) is 67.3. The minimum absolute atomic E-state index is 0.590. The summed E-state index contributed by atoms with van der Waals surface area (Å²) >= 11 is 0. The zero-order valence-electron chi connectivity index (χ0n) is 30.2. The summed E-state index contributed by atoms with van der Waals surface area (Å²) in [4.78, 5) is 15.3.